The van der Waals surface area contributed by atoms with Crippen LogP contribution in [0.1, 0.15) is 63.5 Å². The summed E-state index contributed by atoms with van der Waals surface area (Å²) < 4.78 is 25.0. The molecule has 0 amide bonds. The molecule has 28 heavy (non-hydrogen) atoms. The molecule has 0 radical (unpaired) electrons. The van der Waals surface area contributed by atoms with Gasteiger partial charge in [0.15, 0.2) is 0 Å². The molecule has 0 unspecified atom stereocenters. The molecule has 0 heterocycles. The molecular formula is C24H34FNO2. The Morgan fingerprint density at radius 2 is 1.46 bits per heavy atom. The first-order valence-electron chi connectivity index (χ1n) is 10.6. The number of nitrogens with one attached hydrogen (secondary N) is 1. The van der Waals surface area contributed by atoms with Crippen LogP contribution >= 0.6 is 0 Å². The average molecular weight is 388 g/mol. The highest BCUT2D eigenvalue weighted by molar-refractivity contribution is 5.40. The van der Waals surface area contributed by atoms with Crippen molar-refractivity contribution in [3.8, 4) is 11.5 Å². The summed E-state index contributed by atoms with van der Waals surface area (Å²) in [7, 11) is 0. The zero-order valence-electron chi connectivity index (χ0n) is 17.3. The first kappa shape index (κ1) is 22.2. The van der Waals surface area contributed by atoms with Crippen molar-refractivity contribution < 1.29 is 13.9 Å². The average Bonchev–Trinajstić information content (AvgIpc) is 2.71. The molecule has 0 aliphatic heterocycles. The maximum absolute atomic E-state index is 13.0. The van der Waals surface area contributed by atoms with E-state index in [0.717, 1.165) is 48.7 Å². The molecule has 1 N–H and O–H groups in total. The number of hydrogen-bond donors (Lipinski definition) is 1. The van der Waals surface area contributed by atoms with Crippen LogP contribution < -0.4 is 14.8 Å². The molecule has 0 aliphatic carbocycles. The van der Waals surface area contributed by atoms with E-state index in [0.29, 0.717) is 13.1 Å². The van der Waals surface area contributed by atoms with E-state index in [-0.39, 0.29) is 5.82 Å². The molecule has 2 aromatic carbocycles. The Morgan fingerprint density at radius 1 is 0.786 bits per heavy atom. The minimum Gasteiger partial charge on any atom is -0.493 e. The number of benzene rings is 2. The minimum absolute atomic E-state index is 0.207. The van der Waals surface area contributed by atoms with Crippen molar-refractivity contribution in [2.24, 2.45) is 0 Å². The highest BCUT2D eigenvalue weighted by Gasteiger charge is 2.07. The van der Waals surface area contributed by atoms with E-state index in [1.54, 1.807) is 12.1 Å². The molecule has 0 atom stereocenters. The van der Waals surface area contributed by atoms with E-state index in [1.165, 1.54) is 37.8 Å². The Kier molecular flexibility index (Phi) is 10.4. The van der Waals surface area contributed by atoms with Crippen LogP contribution in [0, 0.1) is 5.82 Å². The summed E-state index contributed by atoms with van der Waals surface area (Å²) in [5.41, 5.74) is 2.17. The van der Waals surface area contributed by atoms with Gasteiger partial charge in [-0.2, -0.15) is 0 Å². The van der Waals surface area contributed by atoms with Gasteiger partial charge in [-0.05, 0) is 36.6 Å². The smallest absolute Gasteiger partial charge is 0.127 e. The van der Waals surface area contributed by atoms with E-state index in [1.807, 2.05) is 12.1 Å². The van der Waals surface area contributed by atoms with Gasteiger partial charge in [0.1, 0.15) is 17.3 Å². The maximum atomic E-state index is 13.0. The summed E-state index contributed by atoms with van der Waals surface area (Å²) in [6, 6.07) is 12.7. The van der Waals surface area contributed by atoms with Gasteiger partial charge in [-0.15, -0.1) is 0 Å². The predicted molar refractivity (Wildman–Crippen MR) is 113 cm³/mol. The number of rotatable bonds is 14. The van der Waals surface area contributed by atoms with Crippen LogP contribution in [0.2, 0.25) is 0 Å². The monoisotopic (exact) mass is 387 g/mol. The minimum atomic E-state index is -0.207. The molecule has 2 rings (SSSR count). The van der Waals surface area contributed by atoms with Crippen LogP contribution in [0.4, 0.5) is 4.39 Å². The molecule has 0 bridgehead atoms. The Bertz CT molecular complexity index is 673. The third-order valence-corrected chi connectivity index (χ3v) is 4.62. The molecule has 3 nitrogen and oxygen atoms in total. The van der Waals surface area contributed by atoms with Crippen LogP contribution in [0.5, 0.6) is 11.5 Å². The standard InChI is InChI=1S/C24H34FNO2/c1-3-5-7-15-27-23-14-11-21(24(17-23)28-16-8-6-4-2)19-26-18-20-9-12-22(25)13-10-20/h9-14,17,26H,3-8,15-16,18-19H2,1-2H3. The Balaban J connectivity index is 1.93. The lowest BCUT2D eigenvalue weighted by molar-refractivity contribution is 0.289. The van der Waals surface area contributed by atoms with E-state index in [9.17, 15) is 4.39 Å². The highest BCUT2D eigenvalue weighted by atomic mass is 19.1. The van der Waals surface area contributed by atoms with Gasteiger partial charge >= 0.3 is 0 Å². The van der Waals surface area contributed by atoms with Gasteiger partial charge in [0.25, 0.3) is 0 Å². The van der Waals surface area contributed by atoms with Gasteiger partial charge in [0, 0.05) is 24.7 Å². The molecule has 4 heteroatoms. The molecule has 154 valence electrons. The van der Waals surface area contributed by atoms with Crippen molar-refractivity contribution >= 4 is 0 Å². The number of halogens is 1. The summed E-state index contributed by atoms with van der Waals surface area (Å²) >= 11 is 0. The Morgan fingerprint density at radius 3 is 2.14 bits per heavy atom. The normalized spacial score (nSPS) is 10.8. The third kappa shape index (κ3) is 8.30. The van der Waals surface area contributed by atoms with Crippen LogP contribution in [0.25, 0.3) is 0 Å². The lowest BCUT2D eigenvalue weighted by Gasteiger charge is -2.15. The Hall–Kier alpha value is -2.07. The van der Waals surface area contributed by atoms with Crippen LogP contribution in [0.15, 0.2) is 42.5 Å². The molecule has 0 aromatic heterocycles. The van der Waals surface area contributed by atoms with Gasteiger partial charge in [0.05, 0.1) is 13.2 Å². The quantitative estimate of drug-likeness (QED) is 0.388. The number of ether oxygens (including phenoxy) is 2. The molecule has 2 aromatic rings. The highest BCUT2D eigenvalue weighted by Crippen LogP contribution is 2.26. The summed E-state index contributed by atoms with van der Waals surface area (Å²) in [6.45, 7) is 7.22. The van der Waals surface area contributed by atoms with Crippen molar-refractivity contribution in [1.29, 1.82) is 0 Å². The largest absolute Gasteiger partial charge is 0.493 e. The molecule has 0 saturated carbocycles. The second kappa shape index (κ2) is 13.2. The molecule has 0 saturated heterocycles. The lowest BCUT2D eigenvalue weighted by atomic mass is 10.1. The van der Waals surface area contributed by atoms with Crippen LogP contribution in [-0.2, 0) is 13.1 Å². The fourth-order valence-corrected chi connectivity index (χ4v) is 2.93. The van der Waals surface area contributed by atoms with Gasteiger partial charge in [-0.3, -0.25) is 0 Å². The SMILES string of the molecule is CCCCCOc1ccc(CNCc2ccc(F)cc2)c(OCCCCC)c1. The third-order valence-electron chi connectivity index (χ3n) is 4.62. The van der Waals surface area contributed by atoms with Gasteiger partial charge in [0.2, 0.25) is 0 Å². The summed E-state index contributed by atoms with van der Waals surface area (Å²) in [5.74, 6) is 1.54. The number of unbranched alkanes of at least 4 members (excludes halogenated alkanes) is 4. The summed E-state index contributed by atoms with van der Waals surface area (Å²) in [4.78, 5) is 0. The summed E-state index contributed by atoms with van der Waals surface area (Å²) in [6.07, 6.45) is 6.85. The summed E-state index contributed by atoms with van der Waals surface area (Å²) in [5, 5.41) is 3.42. The molecule has 0 spiro atoms. The van der Waals surface area contributed by atoms with Crippen molar-refractivity contribution in [3.63, 3.8) is 0 Å². The van der Waals surface area contributed by atoms with Crippen molar-refractivity contribution in [2.45, 2.75) is 65.5 Å². The molecule has 0 fully saturated rings. The zero-order valence-corrected chi connectivity index (χ0v) is 17.3. The van der Waals surface area contributed by atoms with E-state index in [2.05, 4.69) is 25.2 Å². The second-order valence-electron chi connectivity index (χ2n) is 7.11. The maximum Gasteiger partial charge on any atom is 0.127 e. The molecular weight excluding hydrogens is 353 g/mol. The van der Waals surface area contributed by atoms with Gasteiger partial charge in [-0.25, -0.2) is 4.39 Å². The first-order chi connectivity index (χ1) is 13.7. The van der Waals surface area contributed by atoms with Crippen LogP contribution in [0.3, 0.4) is 0 Å². The van der Waals surface area contributed by atoms with E-state index >= 15 is 0 Å². The fourth-order valence-electron chi connectivity index (χ4n) is 2.93. The predicted octanol–water partition coefficient (Wildman–Crippen LogP) is 6.25. The molecule has 0 aliphatic rings. The van der Waals surface area contributed by atoms with Gasteiger partial charge < -0.3 is 14.8 Å². The van der Waals surface area contributed by atoms with Crippen molar-refractivity contribution in [3.05, 3.63) is 59.4 Å². The second-order valence-corrected chi connectivity index (χ2v) is 7.11. The fraction of sp³-hybridized carbons (Fsp3) is 0.500. The van der Waals surface area contributed by atoms with Gasteiger partial charge in [-0.1, -0.05) is 57.7 Å². The van der Waals surface area contributed by atoms with Crippen molar-refractivity contribution in [1.82, 2.24) is 5.32 Å². The first-order valence-corrected chi connectivity index (χ1v) is 10.6. The van der Waals surface area contributed by atoms with E-state index < -0.39 is 0 Å². The van der Waals surface area contributed by atoms with Crippen LogP contribution in [-0.4, -0.2) is 13.2 Å². The number of hydrogen-bond acceptors (Lipinski definition) is 3. The Labute approximate surface area is 169 Å². The van der Waals surface area contributed by atoms with E-state index in [4.69, 9.17) is 9.47 Å². The zero-order chi connectivity index (χ0) is 20.0. The topological polar surface area (TPSA) is 30.5 Å². The van der Waals surface area contributed by atoms with Crippen molar-refractivity contribution in [2.75, 3.05) is 13.2 Å². The lowest BCUT2D eigenvalue weighted by Crippen LogP contribution is -2.14.